The minimum absolute atomic E-state index is 0.00307. The molecule has 1 aromatic heterocycles. The molecule has 1 aliphatic heterocycles. The van der Waals surface area contributed by atoms with Crippen molar-refractivity contribution in [3.63, 3.8) is 0 Å². The van der Waals surface area contributed by atoms with E-state index in [1.165, 1.54) is 0 Å². The number of methoxy groups -OCH3 is 1. The van der Waals surface area contributed by atoms with E-state index in [0.717, 1.165) is 16.9 Å². The summed E-state index contributed by atoms with van der Waals surface area (Å²) in [5.41, 5.74) is 2.18. The number of rotatable bonds is 7. The van der Waals surface area contributed by atoms with Gasteiger partial charge in [0.2, 0.25) is 17.5 Å². The van der Waals surface area contributed by atoms with E-state index >= 15 is 0 Å². The second kappa shape index (κ2) is 10.6. The molecule has 2 heterocycles. The number of para-hydroxylation sites is 1. The van der Waals surface area contributed by atoms with Gasteiger partial charge in [0.05, 0.1) is 7.11 Å². The largest absolute Gasteiger partial charge is 0.497 e. The topological polar surface area (TPSA) is 91.8 Å². The number of hydrogen-bond acceptors (Lipinski definition) is 7. The number of benzene rings is 2. The lowest BCUT2D eigenvalue weighted by Gasteiger charge is -2.34. The second-order valence-corrected chi connectivity index (χ2v) is 7.85. The number of aromatic nitrogens is 1. The Bertz CT molecular complexity index is 1200. The highest BCUT2D eigenvalue weighted by Crippen LogP contribution is 2.25. The zero-order chi connectivity index (χ0) is 23.9. The van der Waals surface area contributed by atoms with Gasteiger partial charge in [0.25, 0.3) is 5.91 Å². The molecule has 34 heavy (non-hydrogen) atoms. The van der Waals surface area contributed by atoms with Crippen LogP contribution in [-0.4, -0.2) is 55.7 Å². The van der Waals surface area contributed by atoms with Gasteiger partial charge in [-0.05, 0) is 42.3 Å². The van der Waals surface area contributed by atoms with Gasteiger partial charge in [0.15, 0.2) is 6.61 Å². The summed E-state index contributed by atoms with van der Waals surface area (Å²) in [6.45, 7) is 4.06. The average molecular weight is 459 g/mol. The van der Waals surface area contributed by atoms with Gasteiger partial charge in [-0.1, -0.05) is 30.3 Å². The Kier molecular flexibility index (Phi) is 7.13. The van der Waals surface area contributed by atoms with Crippen LogP contribution in [0, 0.1) is 18.3 Å². The Morgan fingerprint density at radius 3 is 2.53 bits per heavy atom. The summed E-state index contributed by atoms with van der Waals surface area (Å²) in [6.07, 6.45) is 3.59. The van der Waals surface area contributed by atoms with Crippen LogP contribution in [0.1, 0.15) is 22.7 Å². The minimum Gasteiger partial charge on any atom is -0.497 e. The molecule has 1 saturated heterocycles. The summed E-state index contributed by atoms with van der Waals surface area (Å²) in [7, 11) is 1.62. The zero-order valence-electron chi connectivity index (χ0n) is 19.2. The lowest BCUT2D eigenvalue weighted by Crippen LogP contribution is -2.50. The van der Waals surface area contributed by atoms with Crippen molar-refractivity contribution in [3.05, 3.63) is 71.2 Å². The minimum atomic E-state index is -0.0657. The van der Waals surface area contributed by atoms with Crippen molar-refractivity contribution >= 4 is 23.9 Å². The highest BCUT2D eigenvalue weighted by Gasteiger charge is 2.26. The number of amides is 1. The molecule has 8 heteroatoms. The fraction of sp³-hybridized carbons (Fsp3) is 0.269. The fourth-order valence-corrected chi connectivity index (χ4v) is 3.68. The van der Waals surface area contributed by atoms with E-state index in [-0.39, 0.29) is 18.2 Å². The predicted molar refractivity (Wildman–Crippen MR) is 129 cm³/mol. The summed E-state index contributed by atoms with van der Waals surface area (Å²) in [4.78, 5) is 20.6. The molecule has 2 aromatic carbocycles. The van der Waals surface area contributed by atoms with Crippen LogP contribution in [0.2, 0.25) is 0 Å². The first-order valence-corrected chi connectivity index (χ1v) is 11.0. The fourth-order valence-electron chi connectivity index (χ4n) is 3.68. The molecule has 3 aromatic rings. The van der Waals surface area contributed by atoms with E-state index < -0.39 is 0 Å². The predicted octanol–water partition coefficient (Wildman–Crippen LogP) is 3.76. The van der Waals surface area contributed by atoms with Crippen molar-refractivity contribution in [2.45, 2.75) is 6.92 Å². The van der Waals surface area contributed by atoms with Crippen molar-refractivity contribution in [2.75, 3.05) is 44.8 Å². The van der Waals surface area contributed by atoms with Crippen LogP contribution < -0.4 is 14.4 Å². The zero-order valence-corrected chi connectivity index (χ0v) is 19.2. The third-order valence-corrected chi connectivity index (χ3v) is 5.63. The Labute approximate surface area is 198 Å². The highest BCUT2D eigenvalue weighted by atomic mass is 16.5. The van der Waals surface area contributed by atoms with Gasteiger partial charge in [-0.25, -0.2) is 0 Å². The van der Waals surface area contributed by atoms with Crippen LogP contribution in [0.5, 0.6) is 11.5 Å². The average Bonchev–Trinajstić information content (AvgIpc) is 3.30. The molecule has 4 rings (SSSR count). The SMILES string of the molecule is COc1ccc(/C=C/c2nc(C#N)c(N3CCN(C(=O)COc4ccccc4C)CC3)o2)cc1. The van der Waals surface area contributed by atoms with Crippen molar-refractivity contribution in [1.29, 1.82) is 5.26 Å². The Morgan fingerprint density at radius 2 is 1.85 bits per heavy atom. The van der Waals surface area contributed by atoms with Gasteiger partial charge >= 0.3 is 0 Å². The number of nitriles is 1. The maximum atomic E-state index is 12.6. The second-order valence-electron chi connectivity index (χ2n) is 7.85. The number of nitrogens with zero attached hydrogens (tertiary/aromatic N) is 4. The number of ether oxygens (including phenoxy) is 2. The van der Waals surface area contributed by atoms with Gasteiger partial charge < -0.3 is 23.7 Å². The quantitative estimate of drug-likeness (QED) is 0.532. The molecule has 0 N–H and O–H groups in total. The molecule has 1 amide bonds. The molecule has 0 aliphatic carbocycles. The maximum Gasteiger partial charge on any atom is 0.260 e. The Balaban J connectivity index is 1.35. The van der Waals surface area contributed by atoms with Crippen molar-refractivity contribution in [2.24, 2.45) is 0 Å². The van der Waals surface area contributed by atoms with E-state index in [2.05, 4.69) is 11.1 Å². The third kappa shape index (κ3) is 5.38. The molecule has 174 valence electrons. The smallest absolute Gasteiger partial charge is 0.260 e. The standard InChI is InChI=1S/C26H26N4O4/c1-19-5-3-4-6-23(19)33-18-25(31)29-13-15-30(16-14-29)26-22(17-27)28-24(34-26)12-9-20-7-10-21(32-2)11-8-20/h3-12H,13-16,18H2,1-2H3/b12-9+. The molecule has 8 nitrogen and oxygen atoms in total. The summed E-state index contributed by atoms with van der Waals surface area (Å²) in [5.74, 6) is 2.21. The third-order valence-electron chi connectivity index (χ3n) is 5.63. The number of aryl methyl sites for hydroxylation is 1. The molecular formula is C26H26N4O4. The highest BCUT2D eigenvalue weighted by molar-refractivity contribution is 5.78. The molecule has 1 fully saturated rings. The maximum absolute atomic E-state index is 12.6. The summed E-state index contributed by atoms with van der Waals surface area (Å²) in [5, 5.41) is 9.53. The first kappa shape index (κ1) is 22.9. The molecule has 0 saturated carbocycles. The van der Waals surface area contributed by atoms with Gasteiger partial charge in [0.1, 0.15) is 17.6 Å². The van der Waals surface area contributed by atoms with E-state index in [9.17, 15) is 10.1 Å². The lowest BCUT2D eigenvalue weighted by molar-refractivity contribution is -0.133. The first-order valence-electron chi connectivity index (χ1n) is 11.0. The number of piperazine rings is 1. The van der Waals surface area contributed by atoms with Crippen LogP contribution in [-0.2, 0) is 4.79 Å². The van der Waals surface area contributed by atoms with Crippen LogP contribution >= 0.6 is 0 Å². The summed E-state index contributed by atoms with van der Waals surface area (Å²) in [6, 6.07) is 17.3. The lowest BCUT2D eigenvalue weighted by atomic mass is 10.2. The summed E-state index contributed by atoms with van der Waals surface area (Å²) >= 11 is 0. The number of carbonyl (C=O) groups is 1. The van der Waals surface area contributed by atoms with Crippen molar-refractivity contribution in [3.8, 4) is 17.6 Å². The van der Waals surface area contributed by atoms with E-state index in [1.807, 2.05) is 66.4 Å². The van der Waals surface area contributed by atoms with E-state index in [0.29, 0.717) is 43.7 Å². The van der Waals surface area contributed by atoms with Crippen LogP contribution in [0.3, 0.4) is 0 Å². The van der Waals surface area contributed by atoms with E-state index in [1.54, 1.807) is 18.1 Å². The first-order chi connectivity index (χ1) is 16.6. The molecule has 0 bridgehead atoms. The Hall–Kier alpha value is -4.25. The van der Waals surface area contributed by atoms with Crippen molar-refractivity contribution < 1.29 is 18.7 Å². The van der Waals surface area contributed by atoms with Gasteiger partial charge in [-0.15, -0.1) is 0 Å². The van der Waals surface area contributed by atoms with E-state index in [4.69, 9.17) is 13.9 Å². The summed E-state index contributed by atoms with van der Waals surface area (Å²) < 4.78 is 16.7. The Morgan fingerprint density at radius 1 is 1.12 bits per heavy atom. The number of oxazole rings is 1. The molecule has 0 spiro atoms. The normalized spacial score (nSPS) is 13.7. The molecular weight excluding hydrogens is 432 g/mol. The van der Waals surface area contributed by atoms with Gasteiger partial charge in [0, 0.05) is 32.3 Å². The van der Waals surface area contributed by atoms with Crippen molar-refractivity contribution in [1.82, 2.24) is 9.88 Å². The van der Waals surface area contributed by atoms with Crippen LogP contribution in [0.15, 0.2) is 52.9 Å². The molecule has 0 unspecified atom stereocenters. The van der Waals surface area contributed by atoms with Crippen LogP contribution in [0.4, 0.5) is 5.88 Å². The number of carbonyl (C=O) groups excluding carboxylic acids is 1. The number of anilines is 1. The monoisotopic (exact) mass is 458 g/mol. The van der Waals surface area contributed by atoms with Gasteiger partial charge in [-0.3, -0.25) is 4.79 Å². The molecule has 1 aliphatic rings. The number of hydrogen-bond donors (Lipinski definition) is 0. The molecule has 0 atom stereocenters. The molecule has 0 radical (unpaired) electrons. The van der Waals surface area contributed by atoms with Gasteiger partial charge in [-0.2, -0.15) is 10.2 Å². The van der Waals surface area contributed by atoms with Crippen LogP contribution in [0.25, 0.3) is 12.2 Å².